The van der Waals surface area contributed by atoms with Gasteiger partial charge in [0.05, 0.1) is 9.60 Å². The predicted molar refractivity (Wildman–Crippen MR) is 60.4 cm³/mol. The first kappa shape index (κ1) is 10.4. The molecular formula is C7H3BrClNO2S2. The van der Waals surface area contributed by atoms with Crippen molar-refractivity contribution in [3.8, 4) is 0 Å². The van der Waals surface area contributed by atoms with E-state index in [9.17, 15) is 8.42 Å². The number of benzene rings is 1. The van der Waals surface area contributed by atoms with Crippen LogP contribution in [0.5, 0.6) is 0 Å². The van der Waals surface area contributed by atoms with Crippen LogP contribution in [0.4, 0.5) is 0 Å². The molecular weight excluding hydrogens is 310 g/mol. The van der Waals surface area contributed by atoms with Gasteiger partial charge in [-0.3, -0.25) is 0 Å². The van der Waals surface area contributed by atoms with E-state index in [0.717, 1.165) is 10.1 Å². The zero-order valence-electron chi connectivity index (χ0n) is 6.57. The van der Waals surface area contributed by atoms with Gasteiger partial charge in [0.2, 0.25) is 0 Å². The summed E-state index contributed by atoms with van der Waals surface area (Å²) in [6.07, 6.45) is 0. The van der Waals surface area contributed by atoms with Crippen LogP contribution >= 0.6 is 38.1 Å². The standard InChI is InChI=1S/C7H3BrClNO2S2/c8-7-5-3-4(14(9,11)12)1-2-6(5)13-10-7/h1-3H. The summed E-state index contributed by atoms with van der Waals surface area (Å²) in [6.45, 7) is 0. The molecule has 74 valence electrons. The molecule has 0 radical (unpaired) electrons. The maximum absolute atomic E-state index is 11.0. The van der Waals surface area contributed by atoms with Crippen LogP contribution in [0.1, 0.15) is 0 Å². The van der Waals surface area contributed by atoms with Gasteiger partial charge in [-0.1, -0.05) is 0 Å². The molecule has 0 amide bonds. The Morgan fingerprint density at radius 1 is 1.43 bits per heavy atom. The van der Waals surface area contributed by atoms with E-state index in [1.54, 1.807) is 6.07 Å². The largest absolute Gasteiger partial charge is 0.261 e. The number of hydrogen-bond donors (Lipinski definition) is 0. The molecule has 0 aliphatic heterocycles. The Bertz CT molecular complexity index is 593. The summed E-state index contributed by atoms with van der Waals surface area (Å²) < 4.78 is 27.7. The molecule has 0 unspecified atom stereocenters. The topological polar surface area (TPSA) is 47.0 Å². The molecule has 0 spiro atoms. The van der Waals surface area contributed by atoms with Crippen molar-refractivity contribution in [2.75, 3.05) is 0 Å². The van der Waals surface area contributed by atoms with E-state index >= 15 is 0 Å². The first-order chi connectivity index (χ1) is 6.48. The summed E-state index contributed by atoms with van der Waals surface area (Å²) >= 11 is 4.53. The Balaban J connectivity index is 2.79. The first-order valence-corrected chi connectivity index (χ1v) is 7.35. The number of fused-ring (bicyclic) bond motifs is 1. The van der Waals surface area contributed by atoms with E-state index in [1.165, 1.54) is 23.7 Å². The van der Waals surface area contributed by atoms with Crippen molar-refractivity contribution in [2.24, 2.45) is 0 Å². The van der Waals surface area contributed by atoms with Crippen LogP contribution in [-0.4, -0.2) is 12.8 Å². The molecule has 0 saturated heterocycles. The van der Waals surface area contributed by atoms with E-state index in [-0.39, 0.29) is 4.90 Å². The lowest BCUT2D eigenvalue weighted by Crippen LogP contribution is -1.88. The SMILES string of the molecule is O=S(=O)(Cl)c1ccc2snc(Br)c2c1. The average molecular weight is 313 g/mol. The molecule has 0 fully saturated rings. The second-order valence-electron chi connectivity index (χ2n) is 2.57. The van der Waals surface area contributed by atoms with Gasteiger partial charge in [0.25, 0.3) is 9.05 Å². The first-order valence-electron chi connectivity index (χ1n) is 3.48. The normalized spacial score (nSPS) is 12.1. The fourth-order valence-electron chi connectivity index (χ4n) is 1.04. The summed E-state index contributed by atoms with van der Waals surface area (Å²) in [7, 11) is 1.56. The van der Waals surface area contributed by atoms with Gasteiger partial charge < -0.3 is 0 Å². The molecule has 0 N–H and O–H groups in total. The third-order valence-electron chi connectivity index (χ3n) is 1.68. The minimum atomic E-state index is -3.66. The van der Waals surface area contributed by atoms with Crippen molar-refractivity contribution in [1.82, 2.24) is 4.37 Å². The van der Waals surface area contributed by atoms with Crippen LogP contribution in [0, 0.1) is 0 Å². The molecule has 0 atom stereocenters. The highest BCUT2D eigenvalue weighted by atomic mass is 79.9. The molecule has 3 nitrogen and oxygen atoms in total. The molecule has 1 aromatic heterocycles. The summed E-state index contributed by atoms with van der Waals surface area (Å²) in [5, 5.41) is 0.761. The monoisotopic (exact) mass is 311 g/mol. The van der Waals surface area contributed by atoms with Gasteiger partial charge in [-0.05, 0) is 45.7 Å². The van der Waals surface area contributed by atoms with Crippen molar-refractivity contribution < 1.29 is 8.42 Å². The second kappa shape index (κ2) is 3.44. The minimum Gasteiger partial charge on any atom is -0.207 e. The van der Waals surface area contributed by atoms with Gasteiger partial charge >= 0.3 is 0 Å². The van der Waals surface area contributed by atoms with Crippen molar-refractivity contribution in [2.45, 2.75) is 4.90 Å². The number of rotatable bonds is 1. The molecule has 1 heterocycles. The van der Waals surface area contributed by atoms with E-state index in [0.29, 0.717) is 4.60 Å². The van der Waals surface area contributed by atoms with Gasteiger partial charge in [-0.25, -0.2) is 8.42 Å². The fourth-order valence-corrected chi connectivity index (χ4v) is 3.15. The molecule has 0 aliphatic carbocycles. The zero-order valence-corrected chi connectivity index (χ0v) is 10.5. The van der Waals surface area contributed by atoms with Crippen molar-refractivity contribution in [1.29, 1.82) is 0 Å². The van der Waals surface area contributed by atoms with E-state index in [4.69, 9.17) is 10.7 Å². The minimum absolute atomic E-state index is 0.0903. The molecule has 2 rings (SSSR count). The van der Waals surface area contributed by atoms with Crippen LogP contribution in [0.2, 0.25) is 0 Å². The van der Waals surface area contributed by atoms with Gasteiger partial charge in [0.1, 0.15) is 4.60 Å². The Morgan fingerprint density at radius 3 is 2.79 bits per heavy atom. The molecule has 1 aromatic carbocycles. The maximum atomic E-state index is 11.0. The van der Waals surface area contributed by atoms with Gasteiger partial charge in [0, 0.05) is 16.1 Å². The molecule has 0 bridgehead atoms. The van der Waals surface area contributed by atoms with E-state index in [1.807, 2.05) is 0 Å². The Hall–Kier alpha value is -0.170. The van der Waals surface area contributed by atoms with Crippen molar-refractivity contribution >= 4 is 57.3 Å². The smallest absolute Gasteiger partial charge is 0.207 e. The lowest BCUT2D eigenvalue weighted by molar-refractivity contribution is 0.609. The third-order valence-corrected chi connectivity index (χ3v) is 4.70. The summed E-state index contributed by atoms with van der Waals surface area (Å²) in [6, 6.07) is 4.66. The fraction of sp³-hybridized carbons (Fsp3) is 0. The summed E-state index contributed by atoms with van der Waals surface area (Å²) in [5.74, 6) is 0. The number of aromatic nitrogens is 1. The molecule has 2 aromatic rings. The van der Waals surface area contributed by atoms with Gasteiger partial charge in [0.15, 0.2) is 0 Å². The Labute approximate surface area is 97.4 Å². The quantitative estimate of drug-likeness (QED) is 0.761. The summed E-state index contributed by atoms with van der Waals surface area (Å²) in [4.78, 5) is 0.0903. The second-order valence-corrected chi connectivity index (χ2v) is 6.69. The lowest BCUT2D eigenvalue weighted by Gasteiger charge is -1.95. The average Bonchev–Trinajstić information content (AvgIpc) is 2.46. The number of halogens is 2. The summed E-state index contributed by atoms with van der Waals surface area (Å²) in [5.41, 5.74) is 0. The van der Waals surface area contributed by atoms with E-state index < -0.39 is 9.05 Å². The van der Waals surface area contributed by atoms with Crippen LogP contribution in [0.3, 0.4) is 0 Å². The molecule has 0 saturated carbocycles. The van der Waals surface area contributed by atoms with Crippen LogP contribution in [0.15, 0.2) is 27.7 Å². The van der Waals surface area contributed by atoms with Crippen molar-refractivity contribution in [3.63, 3.8) is 0 Å². The number of nitrogens with zero attached hydrogens (tertiary/aromatic N) is 1. The maximum Gasteiger partial charge on any atom is 0.261 e. The highest BCUT2D eigenvalue weighted by Crippen LogP contribution is 2.29. The van der Waals surface area contributed by atoms with E-state index in [2.05, 4.69) is 20.3 Å². The number of hydrogen-bond acceptors (Lipinski definition) is 4. The molecule has 7 heteroatoms. The lowest BCUT2D eigenvalue weighted by atomic mass is 10.3. The van der Waals surface area contributed by atoms with Crippen LogP contribution < -0.4 is 0 Å². The Morgan fingerprint density at radius 2 is 2.14 bits per heavy atom. The predicted octanol–water partition coefficient (Wildman–Crippen LogP) is 2.99. The molecule has 14 heavy (non-hydrogen) atoms. The zero-order chi connectivity index (χ0) is 10.3. The third kappa shape index (κ3) is 1.79. The highest BCUT2D eigenvalue weighted by Gasteiger charge is 2.12. The highest BCUT2D eigenvalue weighted by molar-refractivity contribution is 9.10. The van der Waals surface area contributed by atoms with Gasteiger partial charge in [-0.2, -0.15) is 4.37 Å². The van der Waals surface area contributed by atoms with Crippen LogP contribution in [0.25, 0.3) is 10.1 Å². The van der Waals surface area contributed by atoms with Crippen LogP contribution in [-0.2, 0) is 9.05 Å². The molecule has 0 aliphatic rings. The Kier molecular flexibility index (Phi) is 2.55. The van der Waals surface area contributed by atoms with Gasteiger partial charge in [-0.15, -0.1) is 0 Å². The van der Waals surface area contributed by atoms with Crippen molar-refractivity contribution in [3.05, 3.63) is 22.8 Å².